The van der Waals surface area contributed by atoms with Gasteiger partial charge in [0.2, 0.25) is 10.0 Å². The molecule has 1 atom stereocenters. The number of aryl methyl sites for hydroxylation is 1. The first kappa shape index (κ1) is 14.2. The molecule has 1 unspecified atom stereocenters. The van der Waals surface area contributed by atoms with Gasteiger partial charge < -0.3 is 4.74 Å². The van der Waals surface area contributed by atoms with Gasteiger partial charge in [0.25, 0.3) is 0 Å². The van der Waals surface area contributed by atoms with Gasteiger partial charge in [0.05, 0.1) is 4.90 Å². The van der Waals surface area contributed by atoms with Crippen LogP contribution in [0.25, 0.3) is 0 Å². The van der Waals surface area contributed by atoms with Crippen molar-refractivity contribution in [3.05, 3.63) is 29.8 Å². The molecule has 0 heterocycles. The van der Waals surface area contributed by atoms with Gasteiger partial charge in [-0.3, -0.25) is 0 Å². The highest BCUT2D eigenvalue weighted by Crippen LogP contribution is 2.14. The van der Waals surface area contributed by atoms with Crippen molar-refractivity contribution < 1.29 is 13.2 Å². The van der Waals surface area contributed by atoms with E-state index in [2.05, 4.69) is 4.72 Å². The van der Waals surface area contributed by atoms with Crippen molar-refractivity contribution in [2.24, 2.45) is 0 Å². The van der Waals surface area contributed by atoms with Gasteiger partial charge in [0, 0.05) is 19.8 Å². The zero-order valence-corrected chi connectivity index (χ0v) is 11.3. The summed E-state index contributed by atoms with van der Waals surface area (Å²) in [5, 5.41) is 0. The molecule has 1 aromatic rings. The van der Waals surface area contributed by atoms with E-state index in [1.54, 1.807) is 32.2 Å². The van der Waals surface area contributed by atoms with Crippen LogP contribution in [0.3, 0.4) is 0 Å². The molecule has 4 nitrogen and oxygen atoms in total. The van der Waals surface area contributed by atoms with Crippen LogP contribution in [0.5, 0.6) is 0 Å². The van der Waals surface area contributed by atoms with Crippen molar-refractivity contribution in [3.63, 3.8) is 0 Å². The summed E-state index contributed by atoms with van der Waals surface area (Å²) in [4.78, 5) is 0.337. The Morgan fingerprint density at radius 3 is 2.59 bits per heavy atom. The van der Waals surface area contributed by atoms with Gasteiger partial charge in [-0.2, -0.15) is 0 Å². The first-order valence-corrected chi connectivity index (χ1v) is 7.02. The lowest BCUT2D eigenvalue weighted by Gasteiger charge is -2.14. The minimum atomic E-state index is -3.43. The molecule has 0 radical (unpaired) electrons. The molecule has 0 bridgehead atoms. The van der Waals surface area contributed by atoms with E-state index >= 15 is 0 Å². The van der Waals surface area contributed by atoms with Crippen LogP contribution in [0, 0.1) is 6.92 Å². The van der Waals surface area contributed by atoms with Crippen LogP contribution in [0.2, 0.25) is 0 Å². The topological polar surface area (TPSA) is 55.4 Å². The maximum atomic E-state index is 12.1. The number of nitrogens with one attached hydrogen (secondary N) is 1. The zero-order valence-electron chi connectivity index (χ0n) is 10.4. The standard InChI is InChI=1S/C12H19NO3S/c1-10-6-4-5-7-12(10)17(14,15)13-11(2)8-9-16-3/h4-7,11,13H,8-9H2,1-3H3. The minimum absolute atomic E-state index is 0.139. The van der Waals surface area contributed by atoms with E-state index in [9.17, 15) is 8.42 Å². The molecule has 1 rings (SSSR count). The molecule has 0 fully saturated rings. The maximum Gasteiger partial charge on any atom is 0.241 e. The summed E-state index contributed by atoms with van der Waals surface area (Å²) in [6.07, 6.45) is 0.654. The Balaban J connectivity index is 2.79. The summed E-state index contributed by atoms with van der Waals surface area (Å²) in [5.74, 6) is 0. The smallest absolute Gasteiger partial charge is 0.241 e. The highest BCUT2D eigenvalue weighted by Gasteiger charge is 2.18. The molecule has 0 saturated carbocycles. The van der Waals surface area contributed by atoms with Gasteiger partial charge >= 0.3 is 0 Å². The Morgan fingerprint density at radius 2 is 2.00 bits per heavy atom. The third-order valence-electron chi connectivity index (χ3n) is 2.49. The fraction of sp³-hybridized carbons (Fsp3) is 0.500. The molecule has 1 N–H and O–H groups in total. The van der Waals surface area contributed by atoms with Crippen molar-refractivity contribution in [2.45, 2.75) is 31.2 Å². The average molecular weight is 257 g/mol. The summed E-state index contributed by atoms with van der Waals surface area (Å²) >= 11 is 0. The van der Waals surface area contributed by atoms with E-state index < -0.39 is 10.0 Å². The van der Waals surface area contributed by atoms with Crippen molar-refractivity contribution in [2.75, 3.05) is 13.7 Å². The highest BCUT2D eigenvalue weighted by molar-refractivity contribution is 7.89. The third kappa shape index (κ3) is 4.11. The number of hydrogen-bond acceptors (Lipinski definition) is 3. The first-order valence-electron chi connectivity index (χ1n) is 5.54. The summed E-state index contributed by atoms with van der Waals surface area (Å²) < 4.78 is 31.7. The van der Waals surface area contributed by atoms with E-state index in [0.717, 1.165) is 5.56 Å². The van der Waals surface area contributed by atoms with Gasteiger partial charge in [-0.25, -0.2) is 13.1 Å². The lowest BCUT2D eigenvalue weighted by Crippen LogP contribution is -2.33. The van der Waals surface area contributed by atoms with Crippen LogP contribution < -0.4 is 4.72 Å². The van der Waals surface area contributed by atoms with Crippen LogP contribution in [-0.2, 0) is 14.8 Å². The number of hydrogen-bond donors (Lipinski definition) is 1. The molecule has 1 aromatic carbocycles. The lowest BCUT2D eigenvalue weighted by molar-refractivity contribution is 0.188. The Labute approximate surface area is 103 Å². The van der Waals surface area contributed by atoms with Crippen LogP contribution in [0.1, 0.15) is 18.9 Å². The molecule has 0 aliphatic heterocycles. The van der Waals surface area contributed by atoms with Crippen LogP contribution in [0.4, 0.5) is 0 Å². The van der Waals surface area contributed by atoms with E-state index in [1.807, 2.05) is 13.0 Å². The summed E-state index contributed by atoms with van der Waals surface area (Å²) in [7, 11) is -1.83. The number of sulfonamides is 1. The van der Waals surface area contributed by atoms with E-state index in [4.69, 9.17) is 4.74 Å². The SMILES string of the molecule is COCCC(C)NS(=O)(=O)c1ccccc1C. The van der Waals surface area contributed by atoms with Gasteiger partial charge in [-0.15, -0.1) is 0 Å². The van der Waals surface area contributed by atoms with Crippen molar-refractivity contribution in [1.29, 1.82) is 0 Å². The number of benzene rings is 1. The number of methoxy groups -OCH3 is 1. The summed E-state index contributed by atoms with van der Waals surface area (Å²) in [6, 6.07) is 6.80. The molecule has 17 heavy (non-hydrogen) atoms. The number of ether oxygens (including phenoxy) is 1. The van der Waals surface area contributed by atoms with Crippen LogP contribution >= 0.6 is 0 Å². The quantitative estimate of drug-likeness (QED) is 0.844. The second-order valence-electron chi connectivity index (χ2n) is 4.07. The van der Waals surface area contributed by atoms with E-state index in [-0.39, 0.29) is 6.04 Å². The number of rotatable bonds is 6. The molecule has 0 spiro atoms. The monoisotopic (exact) mass is 257 g/mol. The molecular formula is C12H19NO3S. The Kier molecular flexibility index (Phi) is 5.11. The normalized spacial score (nSPS) is 13.6. The fourth-order valence-corrected chi connectivity index (χ4v) is 3.06. The largest absolute Gasteiger partial charge is 0.385 e. The predicted molar refractivity (Wildman–Crippen MR) is 67.5 cm³/mol. The second kappa shape index (κ2) is 6.14. The van der Waals surface area contributed by atoms with Crippen LogP contribution in [-0.4, -0.2) is 28.2 Å². The van der Waals surface area contributed by atoms with Crippen LogP contribution in [0.15, 0.2) is 29.2 Å². The molecule has 0 aliphatic rings. The average Bonchev–Trinajstić information content (AvgIpc) is 2.26. The minimum Gasteiger partial charge on any atom is -0.385 e. The van der Waals surface area contributed by atoms with Gasteiger partial charge in [0.1, 0.15) is 0 Å². The fourth-order valence-electron chi connectivity index (χ4n) is 1.54. The Bertz CT molecular complexity index is 457. The third-order valence-corrected chi connectivity index (χ3v) is 4.24. The Hall–Kier alpha value is -0.910. The molecule has 0 saturated heterocycles. The molecular weight excluding hydrogens is 238 g/mol. The first-order chi connectivity index (χ1) is 7.97. The maximum absolute atomic E-state index is 12.1. The van der Waals surface area contributed by atoms with Crippen molar-refractivity contribution in [3.8, 4) is 0 Å². The van der Waals surface area contributed by atoms with Gasteiger partial charge in [0.15, 0.2) is 0 Å². The zero-order chi connectivity index (χ0) is 12.9. The van der Waals surface area contributed by atoms with E-state index in [1.165, 1.54) is 0 Å². The van der Waals surface area contributed by atoms with Gasteiger partial charge in [-0.1, -0.05) is 18.2 Å². The van der Waals surface area contributed by atoms with Crippen molar-refractivity contribution >= 4 is 10.0 Å². The molecule has 96 valence electrons. The molecule has 0 amide bonds. The molecule has 0 aliphatic carbocycles. The van der Waals surface area contributed by atoms with Gasteiger partial charge in [-0.05, 0) is 31.9 Å². The van der Waals surface area contributed by atoms with Crippen molar-refractivity contribution in [1.82, 2.24) is 4.72 Å². The molecule has 0 aromatic heterocycles. The highest BCUT2D eigenvalue weighted by atomic mass is 32.2. The second-order valence-corrected chi connectivity index (χ2v) is 5.75. The molecule has 5 heteroatoms. The van der Waals surface area contributed by atoms with E-state index in [0.29, 0.717) is 17.9 Å². The Morgan fingerprint density at radius 1 is 1.35 bits per heavy atom. The predicted octanol–water partition coefficient (Wildman–Crippen LogP) is 1.70. The lowest BCUT2D eigenvalue weighted by atomic mass is 10.2. The summed E-state index contributed by atoms with van der Waals surface area (Å²) in [5.41, 5.74) is 0.749. The summed E-state index contributed by atoms with van der Waals surface area (Å²) in [6.45, 7) is 4.15.